The molecule has 0 bridgehead atoms. The summed E-state index contributed by atoms with van der Waals surface area (Å²) in [6, 6.07) is 26.1. The zero-order chi connectivity index (χ0) is 31.4. The van der Waals surface area contributed by atoms with Gasteiger partial charge in [-0.2, -0.15) is 0 Å². The molecule has 0 unspecified atom stereocenters. The van der Waals surface area contributed by atoms with Crippen molar-refractivity contribution in [1.29, 1.82) is 0 Å². The minimum absolute atomic E-state index is 0.0728. The molecule has 0 fully saturated rings. The van der Waals surface area contributed by atoms with Gasteiger partial charge in [-0.05, 0) is 46.7 Å². The fourth-order valence-electron chi connectivity index (χ4n) is 7.51. The molecule has 4 nitrogen and oxygen atoms in total. The van der Waals surface area contributed by atoms with Crippen LogP contribution in [-0.2, 0) is 10.8 Å². The number of thiazole rings is 1. The van der Waals surface area contributed by atoms with E-state index in [1.54, 1.807) is 11.3 Å². The van der Waals surface area contributed by atoms with Crippen LogP contribution in [0.4, 0.5) is 0 Å². The average Bonchev–Trinajstić information content (AvgIpc) is 3.75. The Kier molecular flexibility index (Phi) is 6.06. The van der Waals surface area contributed by atoms with Crippen molar-refractivity contribution in [1.82, 2.24) is 14.5 Å². The molecule has 0 saturated heterocycles. The van der Waals surface area contributed by atoms with Crippen LogP contribution >= 0.6 is 11.3 Å². The van der Waals surface area contributed by atoms with E-state index in [2.05, 4.69) is 127 Å². The quantitative estimate of drug-likeness (QED) is 0.199. The Morgan fingerprint density at radius 2 is 1.44 bits per heavy atom. The topological polar surface area (TPSA) is 43.9 Å². The van der Waals surface area contributed by atoms with Gasteiger partial charge in [-0.3, -0.25) is 4.57 Å². The van der Waals surface area contributed by atoms with Gasteiger partial charge in [-0.25, -0.2) is 9.97 Å². The maximum Gasteiger partial charge on any atom is 0.149 e. The van der Waals surface area contributed by atoms with Gasteiger partial charge in [0.25, 0.3) is 0 Å². The van der Waals surface area contributed by atoms with Crippen LogP contribution in [0.15, 0.2) is 82.7 Å². The minimum Gasteiger partial charge on any atom is -0.455 e. The average molecular weight is 610 g/mol. The van der Waals surface area contributed by atoms with E-state index in [-0.39, 0.29) is 10.8 Å². The van der Waals surface area contributed by atoms with Gasteiger partial charge in [0.2, 0.25) is 0 Å². The van der Waals surface area contributed by atoms with Gasteiger partial charge in [0.1, 0.15) is 17.0 Å². The summed E-state index contributed by atoms with van der Waals surface area (Å²) in [6.45, 7) is 18.7. The number of hydrogen-bond acceptors (Lipinski definition) is 4. The summed E-state index contributed by atoms with van der Waals surface area (Å²) >= 11 is 1.78. The molecule has 8 rings (SSSR count). The maximum absolute atomic E-state index is 6.63. The van der Waals surface area contributed by atoms with Gasteiger partial charge in [0.05, 0.1) is 33.5 Å². The Morgan fingerprint density at radius 1 is 0.756 bits per heavy atom. The third-order valence-corrected chi connectivity index (χ3v) is 11.8. The highest BCUT2D eigenvalue weighted by Gasteiger charge is 2.48. The van der Waals surface area contributed by atoms with E-state index in [0.717, 1.165) is 50.1 Å². The van der Waals surface area contributed by atoms with Crippen molar-refractivity contribution >= 4 is 44.3 Å². The molecule has 0 saturated carbocycles. The van der Waals surface area contributed by atoms with Crippen LogP contribution in [-0.4, -0.2) is 14.5 Å². The van der Waals surface area contributed by atoms with E-state index < -0.39 is 0 Å². The molecule has 3 aromatic heterocycles. The molecule has 0 radical (unpaired) electrons. The van der Waals surface area contributed by atoms with Gasteiger partial charge in [-0.15, -0.1) is 11.3 Å². The molecule has 0 spiro atoms. The van der Waals surface area contributed by atoms with Crippen LogP contribution < -0.4 is 0 Å². The molecule has 0 N–H and O–H groups in total. The third kappa shape index (κ3) is 3.77. The largest absolute Gasteiger partial charge is 0.455 e. The molecule has 0 atom stereocenters. The molecule has 226 valence electrons. The van der Waals surface area contributed by atoms with E-state index in [1.165, 1.54) is 32.8 Å². The number of hydrogen-bond donors (Lipinski definition) is 0. The van der Waals surface area contributed by atoms with Gasteiger partial charge in [0.15, 0.2) is 0 Å². The van der Waals surface area contributed by atoms with Crippen LogP contribution in [0.1, 0.15) is 88.8 Å². The zero-order valence-electron chi connectivity index (χ0n) is 27.3. The number of nitrogens with zero attached hydrogens (tertiary/aromatic N) is 3. The van der Waals surface area contributed by atoms with Gasteiger partial charge < -0.3 is 4.42 Å². The molecule has 1 aliphatic rings. The normalized spacial score (nSPS) is 15.4. The first-order valence-corrected chi connectivity index (χ1v) is 16.9. The summed E-state index contributed by atoms with van der Waals surface area (Å²) in [5.74, 6) is 1.53. The lowest BCUT2D eigenvalue weighted by Crippen LogP contribution is -2.43. The number of fused-ring (bicyclic) bond motifs is 8. The van der Waals surface area contributed by atoms with E-state index in [4.69, 9.17) is 14.4 Å². The van der Waals surface area contributed by atoms with Crippen LogP contribution in [0.2, 0.25) is 0 Å². The highest BCUT2D eigenvalue weighted by Crippen LogP contribution is 2.57. The number of rotatable bonds is 4. The summed E-state index contributed by atoms with van der Waals surface area (Å²) in [4.78, 5) is 11.9. The number of aromatic nitrogens is 3. The lowest BCUT2D eigenvalue weighted by Gasteiger charge is -2.46. The zero-order valence-corrected chi connectivity index (χ0v) is 28.1. The number of benzene rings is 4. The first-order valence-electron chi connectivity index (χ1n) is 16.1. The smallest absolute Gasteiger partial charge is 0.149 e. The van der Waals surface area contributed by atoms with Crippen molar-refractivity contribution in [3.05, 3.63) is 99.9 Å². The Hall–Kier alpha value is -4.22. The third-order valence-electron chi connectivity index (χ3n) is 10.6. The Balaban J connectivity index is 1.60. The van der Waals surface area contributed by atoms with Crippen molar-refractivity contribution in [3.8, 4) is 28.3 Å². The molecule has 5 heteroatoms. The highest BCUT2D eigenvalue weighted by molar-refractivity contribution is 7.10. The molecule has 1 aliphatic carbocycles. The van der Waals surface area contributed by atoms with Crippen molar-refractivity contribution in [2.75, 3.05) is 0 Å². The molecule has 45 heavy (non-hydrogen) atoms. The van der Waals surface area contributed by atoms with Crippen molar-refractivity contribution in [2.24, 2.45) is 0 Å². The van der Waals surface area contributed by atoms with E-state index in [0.29, 0.717) is 11.8 Å². The second-order valence-electron chi connectivity index (χ2n) is 14.3. The van der Waals surface area contributed by atoms with Crippen molar-refractivity contribution < 1.29 is 4.42 Å². The second kappa shape index (κ2) is 9.64. The monoisotopic (exact) mass is 609 g/mol. The lowest BCUT2D eigenvalue weighted by atomic mass is 9.58. The van der Waals surface area contributed by atoms with Crippen LogP contribution in [0.3, 0.4) is 0 Å². The maximum atomic E-state index is 6.63. The fourth-order valence-corrected chi connectivity index (χ4v) is 8.59. The summed E-state index contributed by atoms with van der Waals surface area (Å²) in [7, 11) is 0. The molecule has 7 aromatic rings. The van der Waals surface area contributed by atoms with Gasteiger partial charge in [0, 0.05) is 32.0 Å². The Labute approximate surface area is 268 Å². The fraction of sp³-hybridized carbons (Fsp3) is 0.300. The predicted octanol–water partition coefficient (Wildman–Crippen LogP) is 11.5. The lowest BCUT2D eigenvalue weighted by molar-refractivity contribution is 0.304. The van der Waals surface area contributed by atoms with Crippen LogP contribution in [0.25, 0.3) is 61.3 Å². The second-order valence-corrected chi connectivity index (χ2v) is 15.1. The minimum atomic E-state index is -0.123. The Bertz CT molecular complexity index is 2270. The highest BCUT2D eigenvalue weighted by atomic mass is 32.1. The molecular formula is C40H39N3OS. The molecule has 4 aromatic carbocycles. The molecule has 0 aliphatic heterocycles. The van der Waals surface area contributed by atoms with Gasteiger partial charge >= 0.3 is 0 Å². The first kappa shape index (κ1) is 28.3. The van der Waals surface area contributed by atoms with E-state index >= 15 is 0 Å². The Morgan fingerprint density at radius 3 is 2.18 bits per heavy atom. The predicted molar refractivity (Wildman–Crippen MR) is 189 cm³/mol. The SMILES string of the molecule is CC(C)c1cccc(C(C)C)c1-n1c(-c2cccc3c2oc2ccccc23)nc2ccc3c(c21)-c1ncsc1C(C)(C)C3(C)C. The van der Waals surface area contributed by atoms with E-state index in [9.17, 15) is 0 Å². The van der Waals surface area contributed by atoms with Gasteiger partial charge in [-0.1, -0.05) is 110 Å². The number of furan rings is 1. The molecular weight excluding hydrogens is 571 g/mol. The standard InChI is InChI=1S/C40H39N3OS/c1-22(2)24-14-11-15-25(23(3)4)34(24)43-35-30(20-19-29-32(35)33-37(45-21-41-33)40(7,8)39(29,5)6)42-38(43)28-17-12-16-27-26-13-9-10-18-31(26)44-36(27)28/h9-23H,1-8H3. The summed E-state index contributed by atoms with van der Waals surface area (Å²) in [5, 5.41) is 2.23. The summed E-state index contributed by atoms with van der Waals surface area (Å²) in [5.41, 5.74) is 14.1. The van der Waals surface area contributed by atoms with Crippen LogP contribution in [0, 0.1) is 0 Å². The van der Waals surface area contributed by atoms with Crippen molar-refractivity contribution in [2.45, 2.75) is 78.1 Å². The summed E-state index contributed by atoms with van der Waals surface area (Å²) < 4.78 is 9.10. The summed E-state index contributed by atoms with van der Waals surface area (Å²) in [6.07, 6.45) is 0. The molecule has 0 amide bonds. The van der Waals surface area contributed by atoms with Crippen LogP contribution in [0.5, 0.6) is 0 Å². The number of para-hydroxylation sites is 3. The first-order chi connectivity index (χ1) is 21.5. The number of imidazole rings is 1. The van der Waals surface area contributed by atoms with Crippen molar-refractivity contribution in [3.63, 3.8) is 0 Å². The molecule has 3 heterocycles. The van der Waals surface area contributed by atoms with E-state index in [1.807, 2.05) is 11.6 Å².